The fraction of sp³-hybridized carbons (Fsp3) is 0.286. The van der Waals surface area contributed by atoms with Gasteiger partial charge in [-0.25, -0.2) is 4.98 Å². The quantitative estimate of drug-likeness (QED) is 0.384. The molecular formula is C7H5F3IN3O3. The molecule has 17 heavy (non-hydrogen) atoms. The summed E-state index contributed by atoms with van der Waals surface area (Å²) in [5, 5.41) is 10.7. The highest BCUT2D eigenvalue weighted by molar-refractivity contribution is 14.1. The number of pyridine rings is 1. The normalized spacial score (nSPS) is 11.4. The van der Waals surface area contributed by atoms with E-state index in [1.807, 2.05) is 0 Å². The minimum absolute atomic E-state index is 0.118. The van der Waals surface area contributed by atoms with E-state index in [-0.39, 0.29) is 15.9 Å². The second-order valence-electron chi connectivity index (χ2n) is 2.75. The summed E-state index contributed by atoms with van der Waals surface area (Å²) >= 11 is 1.61. The van der Waals surface area contributed by atoms with Crippen LogP contribution in [-0.2, 0) is 6.54 Å². The van der Waals surface area contributed by atoms with Crippen molar-refractivity contribution in [2.45, 2.75) is 12.9 Å². The Kier molecular flexibility index (Phi) is 4.08. The highest BCUT2D eigenvalue weighted by Crippen LogP contribution is 2.34. The molecule has 0 amide bonds. The number of aromatic nitrogens is 1. The van der Waals surface area contributed by atoms with Crippen LogP contribution in [0.1, 0.15) is 5.69 Å². The molecule has 0 aliphatic carbocycles. The first-order chi connectivity index (χ1) is 7.74. The molecule has 0 radical (unpaired) electrons. The molecule has 0 saturated carbocycles. The molecule has 1 heterocycles. The first-order valence-corrected chi connectivity index (χ1v) is 5.12. The van der Waals surface area contributed by atoms with Crippen LogP contribution >= 0.6 is 22.6 Å². The Hall–Kier alpha value is -1.17. The highest BCUT2D eigenvalue weighted by Gasteiger charge is 2.36. The van der Waals surface area contributed by atoms with Crippen LogP contribution < -0.4 is 10.5 Å². The van der Waals surface area contributed by atoms with Crippen molar-refractivity contribution in [1.82, 2.24) is 4.98 Å². The molecular weight excluding hydrogens is 358 g/mol. The lowest BCUT2D eigenvalue weighted by Crippen LogP contribution is -2.19. The monoisotopic (exact) mass is 363 g/mol. The Labute approximate surface area is 106 Å². The van der Waals surface area contributed by atoms with Gasteiger partial charge in [-0.2, -0.15) is 0 Å². The Bertz CT molecular complexity index is 452. The fourth-order valence-electron chi connectivity index (χ4n) is 1.07. The Morgan fingerprint density at radius 2 is 2.18 bits per heavy atom. The lowest BCUT2D eigenvalue weighted by atomic mass is 10.3. The van der Waals surface area contributed by atoms with Crippen molar-refractivity contribution in [2.75, 3.05) is 0 Å². The van der Waals surface area contributed by atoms with Crippen molar-refractivity contribution in [3.8, 4) is 5.75 Å². The van der Waals surface area contributed by atoms with E-state index in [0.29, 0.717) is 0 Å². The van der Waals surface area contributed by atoms with Crippen LogP contribution in [0.4, 0.5) is 18.9 Å². The van der Waals surface area contributed by atoms with Gasteiger partial charge in [-0.3, -0.25) is 10.1 Å². The van der Waals surface area contributed by atoms with Crippen molar-refractivity contribution in [1.29, 1.82) is 0 Å². The molecule has 1 aromatic heterocycles. The van der Waals surface area contributed by atoms with Crippen LogP contribution in [0.25, 0.3) is 0 Å². The summed E-state index contributed by atoms with van der Waals surface area (Å²) in [6.45, 7) is -0.360. The number of nitrogens with two attached hydrogens (primary N) is 1. The van der Waals surface area contributed by atoms with Crippen molar-refractivity contribution in [3.05, 3.63) is 25.6 Å². The summed E-state index contributed by atoms with van der Waals surface area (Å²) < 4.78 is 39.9. The summed E-state index contributed by atoms with van der Waals surface area (Å²) in [7, 11) is 0. The second-order valence-corrected chi connectivity index (χ2v) is 3.85. The summed E-state index contributed by atoms with van der Waals surface area (Å²) in [6, 6.07) is 0.825. The number of halogens is 4. The van der Waals surface area contributed by atoms with Gasteiger partial charge in [0.25, 0.3) is 0 Å². The molecule has 0 atom stereocenters. The van der Waals surface area contributed by atoms with E-state index in [1.165, 1.54) is 0 Å². The SMILES string of the molecule is NCc1nc(I)cc(OC(F)(F)F)c1[N+](=O)[O-]. The average molecular weight is 363 g/mol. The number of nitrogens with zero attached hydrogens (tertiary/aromatic N) is 2. The highest BCUT2D eigenvalue weighted by atomic mass is 127. The van der Waals surface area contributed by atoms with Crippen LogP contribution in [0.15, 0.2) is 6.07 Å². The molecule has 0 fully saturated rings. The molecule has 0 spiro atoms. The lowest BCUT2D eigenvalue weighted by molar-refractivity contribution is -0.389. The maximum Gasteiger partial charge on any atom is 0.573 e. The zero-order valence-electron chi connectivity index (χ0n) is 7.99. The third-order valence-electron chi connectivity index (χ3n) is 1.60. The zero-order chi connectivity index (χ0) is 13.2. The van der Waals surface area contributed by atoms with Gasteiger partial charge in [0.15, 0.2) is 0 Å². The van der Waals surface area contributed by atoms with Gasteiger partial charge in [0.05, 0.1) is 4.92 Å². The van der Waals surface area contributed by atoms with E-state index in [0.717, 1.165) is 6.07 Å². The van der Waals surface area contributed by atoms with E-state index >= 15 is 0 Å². The minimum Gasteiger partial charge on any atom is -0.398 e. The van der Waals surface area contributed by atoms with Gasteiger partial charge >= 0.3 is 12.0 Å². The molecule has 94 valence electrons. The first-order valence-electron chi connectivity index (χ1n) is 4.04. The van der Waals surface area contributed by atoms with Crippen LogP contribution in [0.2, 0.25) is 0 Å². The summed E-state index contributed by atoms with van der Waals surface area (Å²) in [5.74, 6) is -0.914. The number of rotatable bonds is 3. The number of alkyl halides is 3. The number of nitro groups is 1. The number of hydrogen-bond acceptors (Lipinski definition) is 5. The second kappa shape index (κ2) is 5.00. The molecule has 0 saturated heterocycles. The molecule has 1 rings (SSSR count). The van der Waals surface area contributed by atoms with E-state index in [9.17, 15) is 23.3 Å². The number of ether oxygens (including phenoxy) is 1. The van der Waals surface area contributed by atoms with Crippen LogP contribution in [0, 0.1) is 13.8 Å². The molecule has 10 heteroatoms. The minimum atomic E-state index is -5.01. The van der Waals surface area contributed by atoms with Crippen LogP contribution in [-0.4, -0.2) is 16.3 Å². The Morgan fingerprint density at radius 3 is 2.59 bits per heavy atom. The number of hydrogen-bond donors (Lipinski definition) is 1. The summed E-state index contributed by atoms with van der Waals surface area (Å²) in [6.07, 6.45) is -5.01. The third kappa shape index (κ3) is 3.66. The molecule has 0 bridgehead atoms. The topological polar surface area (TPSA) is 91.3 Å². The van der Waals surface area contributed by atoms with Gasteiger partial charge in [-0.05, 0) is 22.6 Å². The van der Waals surface area contributed by atoms with E-state index < -0.39 is 22.7 Å². The molecule has 0 aliphatic rings. The van der Waals surface area contributed by atoms with E-state index in [1.54, 1.807) is 22.6 Å². The Morgan fingerprint density at radius 1 is 1.59 bits per heavy atom. The predicted octanol–water partition coefficient (Wildman–Crippen LogP) is 1.95. The molecule has 1 aromatic rings. The van der Waals surface area contributed by atoms with Crippen molar-refractivity contribution < 1.29 is 22.8 Å². The summed E-state index contributed by atoms with van der Waals surface area (Å²) in [5.41, 5.74) is 4.05. The van der Waals surface area contributed by atoms with Crippen molar-refractivity contribution in [2.24, 2.45) is 5.73 Å². The van der Waals surface area contributed by atoms with E-state index in [2.05, 4.69) is 9.72 Å². The van der Waals surface area contributed by atoms with Gasteiger partial charge in [-0.1, -0.05) is 0 Å². The van der Waals surface area contributed by atoms with Crippen LogP contribution in [0.5, 0.6) is 5.75 Å². The fourth-order valence-corrected chi connectivity index (χ4v) is 1.65. The first kappa shape index (κ1) is 13.9. The van der Waals surface area contributed by atoms with E-state index in [4.69, 9.17) is 5.73 Å². The average Bonchev–Trinajstić information content (AvgIpc) is 2.12. The summed E-state index contributed by atoms with van der Waals surface area (Å²) in [4.78, 5) is 13.3. The molecule has 0 aromatic carbocycles. The van der Waals surface area contributed by atoms with Gasteiger partial charge < -0.3 is 10.5 Å². The molecule has 2 N–H and O–H groups in total. The largest absolute Gasteiger partial charge is 0.573 e. The van der Waals surface area contributed by atoms with Gasteiger partial charge in [0.2, 0.25) is 5.75 Å². The molecule has 0 aliphatic heterocycles. The zero-order valence-corrected chi connectivity index (χ0v) is 10.2. The lowest BCUT2D eigenvalue weighted by Gasteiger charge is -2.10. The van der Waals surface area contributed by atoms with Gasteiger partial charge in [0, 0.05) is 12.6 Å². The Balaban J connectivity index is 3.35. The maximum atomic E-state index is 12.1. The standard InChI is InChI=1S/C7H5F3IN3O3/c8-7(9,10)17-4-1-5(11)13-3(2-12)6(4)14(15)16/h1H,2,12H2. The maximum absolute atomic E-state index is 12.1. The van der Waals surface area contributed by atoms with Crippen molar-refractivity contribution >= 4 is 28.3 Å². The predicted molar refractivity (Wildman–Crippen MR) is 58.2 cm³/mol. The van der Waals surface area contributed by atoms with Gasteiger partial charge in [0.1, 0.15) is 9.39 Å². The third-order valence-corrected chi connectivity index (χ3v) is 2.15. The van der Waals surface area contributed by atoms with Crippen molar-refractivity contribution in [3.63, 3.8) is 0 Å². The van der Waals surface area contributed by atoms with Crippen LogP contribution in [0.3, 0.4) is 0 Å². The molecule has 6 nitrogen and oxygen atoms in total. The smallest absolute Gasteiger partial charge is 0.398 e. The molecule has 0 unspecified atom stereocenters. The van der Waals surface area contributed by atoms with Gasteiger partial charge in [-0.15, -0.1) is 13.2 Å².